The molecule has 0 aliphatic carbocycles. The Labute approximate surface area is 108 Å². The minimum atomic E-state index is -0.210. The largest absolute Gasteiger partial charge is 0.336 e. The van der Waals surface area contributed by atoms with Gasteiger partial charge in [0.15, 0.2) is 11.9 Å². The van der Waals surface area contributed by atoms with E-state index in [0.717, 1.165) is 21.8 Å². The summed E-state index contributed by atoms with van der Waals surface area (Å²) in [5.74, 6) is 0.779. The van der Waals surface area contributed by atoms with E-state index < -0.39 is 0 Å². The van der Waals surface area contributed by atoms with E-state index >= 15 is 0 Å². The lowest BCUT2D eigenvalue weighted by molar-refractivity contribution is -0.212. The minimum Gasteiger partial charge on any atom is -0.336 e. The Morgan fingerprint density at radius 2 is 1.83 bits per heavy atom. The fraction of sp³-hybridized carbons (Fsp3) is 0.0714. The lowest BCUT2D eigenvalue weighted by Gasteiger charge is -2.01. The van der Waals surface area contributed by atoms with Crippen LogP contribution in [0.5, 0.6) is 5.75 Å². The van der Waals surface area contributed by atoms with Gasteiger partial charge in [-0.3, -0.25) is 0 Å². The fourth-order valence-electron chi connectivity index (χ4n) is 2.10. The second-order valence-corrected chi connectivity index (χ2v) is 5.18. The van der Waals surface area contributed by atoms with Crippen LogP contribution in [-0.2, 0) is 4.89 Å². The molecular formula is C14H9NO2S. The molecule has 88 valence electrons. The first kappa shape index (κ1) is 10.1. The van der Waals surface area contributed by atoms with E-state index in [4.69, 9.17) is 9.78 Å². The summed E-state index contributed by atoms with van der Waals surface area (Å²) in [5.41, 5.74) is 2.04. The van der Waals surface area contributed by atoms with E-state index in [1.807, 2.05) is 42.5 Å². The Hall–Kier alpha value is -1.91. The predicted molar refractivity (Wildman–Crippen MR) is 69.6 cm³/mol. The summed E-state index contributed by atoms with van der Waals surface area (Å²) in [5, 5.41) is 0.932. The third-order valence-corrected chi connectivity index (χ3v) is 4.05. The van der Waals surface area contributed by atoms with Gasteiger partial charge in [0.1, 0.15) is 5.01 Å². The first-order valence-electron chi connectivity index (χ1n) is 5.69. The van der Waals surface area contributed by atoms with E-state index in [0.29, 0.717) is 0 Å². The molecule has 1 unspecified atom stereocenters. The molecule has 1 aliphatic heterocycles. The highest BCUT2D eigenvalue weighted by Gasteiger charge is 2.30. The van der Waals surface area contributed by atoms with Crippen molar-refractivity contribution in [3.8, 4) is 5.75 Å². The molecular weight excluding hydrogens is 246 g/mol. The second kappa shape index (κ2) is 3.80. The van der Waals surface area contributed by atoms with Gasteiger partial charge in [-0.1, -0.05) is 30.3 Å². The topological polar surface area (TPSA) is 31.4 Å². The average Bonchev–Trinajstić information content (AvgIpc) is 3.02. The lowest BCUT2D eigenvalue weighted by Crippen LogP contribution is -1.98. The second-order valence-electron chi connectivity index (χ2n) is 4.12. The molecule has 0 fully saturated rings. The normalized spacial score (nSPS) is 17.7. The van der Waals surface area contributed by atoms with Gasteiger partial charge in [-0.15, -0.1) is 11.3 Å². The molecule has 1 aromatic heterocycles. The highest BCUT2D eigenvalue weighted by molar-refractivity contribution is 7.18. The van der Waals surface area contributed by atoms with Gasteiger partial charge in [-0.2, -0.15) is 4.89 Å². The van der Waals surface area contributed by atoms with Gasteiger partial charge in [-0.25, -0.2) is 4.98 Å². The minimum absolute atomic E-state index is 0.210. The molecule has 1 atom stereocenters. The van der Waals surface area contributed by atoms with Crippen molar-refractivity contribution in [2.24, 2.45) is 0 Å². The predicted octanol–water partition coefficient (Wildman–Crippen LogP) is 3.71. The molecule has 18 heavy (non-hydrogen) atoms. The maximum absolute atomic E-state index is 5.39. The summed E-state index contributed by atoms with van der Waals surface area (Å²) >= 11 is 1.64. The highest BCUT2D eigenvalue weighted by atomic mass is 32.1. The lowest BCUT2D eigenvalue weighted by atomic mass is 10.1. The summed E-state index contributed by atoms with van der Waals surface area (Å²) in [6, 6.07) is 15.9. The zero-order chi connectivity index (χ0) is 11.9. The number of para-hydroxylation sites is 2. The third kappa shape index (κ3) is 1.43. The molecule has 3 nitrogen and oxygen atoms in total. The van der Waals surface area contributed by atoms with E-state index in [1.54, 1.807) is 11.3 Å². The van der Waals surface area contributed by atoms with Crippen molar-refractivity contribution < 1.29 is 9.78 Å². The number of nitrogens with zero attached hydrogens (tertiary/aromatic N) is 1. The Morgan fingerprint density at radius 3 is 2.78 bits per heavy atom. The maximum Gasteiger partial charge on any atom is 0.185 e. The van der Waals surface area contributed by atoms with Crippen molar-refractivity contribution in [3.05, 3.63) is 59.1 Å². The van der Waals surface area contributed by atoms with Crippen molar-refractivity contribution in [2.75, 3.05) is 0 Å². The summed E-state index contributed by atoms with van der Waals surface area (Å²) in [6.07, 6.45) is -0.210. The van der Waals surface area contributed by atoms with Crippen molar-refractivity contribution in [3.63, 3.8) is 0 Å². The Morgan fingerprint density at radius 1 is 1.00 bits per heavy atom. The van der Waals surface area contributed by atoms with Crippen LogP contribution in [0.3, 0.4) is 0 Å². The first-order chi connectivity index (χ1) is 8.92. The van der Waals surface area contributed by atoms with Gasteiger partial charge in [0.2, 0.25) is 0 Å². The molecule has 0 spiro atoms. The van der Waals surface area contributed by atoms with Gasteiger partial charge >= 0.3 is 0 Å². The summed E-state index contributed by atoms with van der Waals surface area (Å²) in [7, 11) is 0. The number of thiazole rings is 1. The molecule has 1 aliphatic rings. The van der Waals surface area contributed by atoms with Crippen LogP contribution in [0.4, 0.5) is 0 Å². The zero-order valence-electron chi connectivity index (χ0n) is 9.37. The maximum atomic E-state index is 5.39. The monoisotopic (exact) mass is 255 g/mol. The van der Waals surface area contributed by atoms with Crippen LogP contribution in [0.25, 0.3) is 10.2 Å². The number of hydrogen-bond acceptors (Lipinski definition) is 4. The molecule has 0 saturated heterocycles. The van der Waals surface area contributed by atoms with Crippen molar-refractivity contribution >= 4 is 21.6 Å². The number of fused-ring (bicyclic) bond motifs is 2. The van der Waals surface area contributed by atoms with Crippen LogP contribution in [0.15, 0.2) is 48.5 Å². The Bertz CT molecular complexity index is 689. The number of benzene rings is 2. The smallest absolute Gasteiger partial charge is 0.185 e. The van der Waals surface area contributed by atoms with Crippen LogP contribution in [-0.4, -0.2) is 4.98 Å². The summed E-state index contributed by atoms with van der Waals surface area (Å²) < 4.78 is 1.17. The van der Waals surface area contributed by atoms with Gasteiger partial charge < -0.3 is 4.89 Å². The molecule has 0 bridgehead atoms. The SMILES string of the molecule is c1ccc2c(c1)OOC2c1nc2ccccc2s1. The highest BCUT2D eigenvalue weighted by Crippen LogP contribution is 2.41. The Kier molecular flexibility index (Phi) is 2.12. The summed E-state index contributed by atoms with van der Waals surface area (Å²) in [6.45, 7) is 0. The molecule has 2 aromatic carbocycles. The number of aromatic nitrogens is 1. The molecule has 2 heterocycles. The van der Waals surface area contributed by atoms with Crippen LogP contribution in [0.2, 0.25) is 0 Å². The molecule has 0 N–H and O–H groups in total. The van der Waals surface area contributed by atoms with Gasteiger partial charge in [0.25, 0.3) is 0 Å². The Balaban J connectivity index is 1.85. The fourth-order valence-corrected chi connectivity index (χ4v) is 3.11. The average molecular weight is 255 g/mol. The van der Waals surface area contributed by atoms with E-state index in [-0.39, 0.29) is 6.10 Å². The molecule has 4 heteroatoms. The molecule has 4 rings (SSSR count). The van der Waals surface area contributed by atoms with Gasteiger partial charge in [-0.05, 0) is 18.2 Å². The zero-order valence-corrected chi connectivity index (χ0v) is 10.2. The van der Waals surface area contributed by atoms with Crippen molar-refractivity contribution in [2.45, 2.75) is 6.10 Å². The van der Waals surface area contributed by atoms with Gasteiger partial charge in [0.05, 0.1) is 10.2 Å². The molecule has 0 radical (unpaired) electrons. The standard InChI is InChI=1S/C14H9NO2S/c1-3-7-11-9(5-1)13(17-16-11)14-15-10-6-2-4-8-12(10)18-14/h1-8,13H. The van der Waals surface area contributed by atoms with Crippen molar-refractivity contribution in [1.29, 1.82) is 0 Å². The van der Waals surface area contributed by atoms with E-state index in [9.17, 15) is 0 Å². The number of rotatable bonds is 1. The van der Waals surface area contributed by atoms with Crippen LogP contribution in [0.1, 0.15) is 16.7 Å². The quantitative estimate of drug-likeness (QED) is 0.621. The van der Waals surface area contributed by atoms with Gasteiger partial charge in [0, 0.05) is 5.56 Å². The third-order valence-electron chi connectivity index (χ3n) is 2.97. The number of hydrogen-bond donors (Lipinski definition) is 0. The first-order valence-corrected chi connectivity index (χ1v) is 6.51. The molecule has 0 saturated carbocycles. The van der Waals surface area contributed by atoms with E-state index in [2.05, 4.69) is 11.1 Å². The van der Waals surface area contributed by atoms with E-state index in [1.165, 1.54) is 4.70 Å². The van der Waals surface area contributed by atoms with Crippen LogP contribution >= 0.6 is 11.3 Å². The summed E-state index contributed by atoms with van der Waals surface area (Å²) in [4.78, 5) is 15.2. The van der Waals surface area contributed by atoms with Crippen molar-refractivity contribution in [1.82, 2.24) is 4.98 Å². The molecule has 3 aromatic rings. The van der Waals surface area contributed by atoms with Crippen LogP contribution in [0, 0.1) is 0 Å². The molecule has 0 amide bonds. The van der Waals surface area contributed by atoms with Crippen LogP contribution < -0.4 is 4.89 Å².